The molecule has 2 heterocycles. The second-order valence-corrected chi connectivity index (χ2v) is 9.11. The molecule has 2 aromatic rings. The van der Waals surface area contributed by atoms with Crippen LogP contribution in [-0.4, -0.2) is 73.9 Å². The largest absolute Gasteiger partial charge is 0.389 e. The predicted octanol–water partition coefficient (Wildman–Crippen LogP) is 3.81. The van der Waals surface area contributed by atoms with Crippen LogP contribution in [-0.2, 0) is 16.0 Å². The van der Waals surface area contributed by atoms with Crippen LogP contribution >= 0.6 is 0 Å². The summed E-state index contributed by atoms with van der Waals surface area (Å²) in [6.45, 7) is 10.9. The molecule has 0 radical (unpaired) electrons. The Morgan fingerprint density at radius 2 is 1.94 bits per heavy atom. The van der Waals surface area contributed by atoms with Gasteiger partial charge in [-0.1, -0.05) is 42.4 Å². The first-order valence-corrected chi connectivity index (χ1v) is 11.8. The molecule has 1 N–H and O–H groups in total. The van der Waals surface area contributed by atoms with E-state index in [2.05, 4.69) is 34.0 Å². The quantitative estimate of drug-likeness (QED) is 0.533. The van der Waals surface area contributed by atoms with Crippen molar-refractivity contribution in [1.29, 1.82) is 0 Å². The van der Waals surface area contributed by atoms with Crippen molar-refractivity contribution in [3.8, 4) is 11.3 Å². The summed E-state index contributed by atoms with van der Waals surface area (Å²) in [6, 6.07) is 10.2. The Hall–Kier alpha value is -1.93. The average molecular weight is 446 g/mol. The summed E-state index contributed by atoms with van der Waals surface area (Å²) in [5.41, 5.74) is 2.98. The lowest BCUT2D eigenvalue weighted by molar-refractivity contribution is -0.0121. The molecule has 1 aromatic heterocycles. The van der Waals surface area contributed by atoms with Gasteiger partial charge in [-0.15, -0.1) is 0 Å². The van der Waals surface area contributed by atoms with Crippen LogP contribution in [0.1, 0.15) is 39.2 Å². The van der Waals surface area contributed by atoms with Gasteiger partial charge in [-0.05, 0) is 32.6 Å². The van der Waals surface area contributed by atoms with Crippen LogP contribution < -0.4 is 4.90 Å². The minimum atomic E-state index is -0.575. The molecule has 178 valence electrons. The van der Waals surface area contributed by atoms with Crippen molar-refractivity contribution < 1.29 is 19.1 Å². The fourth-order valence-electron chi connectivity index (χ4n) is 4.06. The third kappa shape index (κ3) is 7.04. The monoisotopic (exact) mass is 445 g/mol. The molecule has 0 bridgehead atoms. The molecule has 0 saturated carbocycles. The van der Waals surface area contributed by atoms with Crippen LogP contribution in [0.25, 0.3) is 11.3 Å². The summed E-state index contributed by atoms with van der Waals surface area (Å²) in [6.07, 6.45) is 1.82. The molecule has 0 amide bonds. The molecule has 7 heteroatoms. The molecule has 3 rings (SSSR count). The molecule has 32 heavy (non-hydrogen) atoms. The van der Waals surface area contributed by atoms with Crippen molar-refractivity contribution in [1.82, 2.24) is 10.1 Å². The van der Waals surface area contributed by atoms with Crippen LogP contribution in [0.15, 0.2) is 34.9 Å². The highest BCUT2D eigenvalue weighted by Gasteiger charge is 2.27. The summed E-state index contributed by atoms with van der Waals surface area (Å²) in [7, 11) is 1.70. The number of anilines is 1. The third-order valence-electron chi connectivity index (χ3n) is 5.97. The maximum atomic E-state index is 10.6. The van der Waals surface area contributed by atoms with Crippen molar-refractivity contribution in [2.45, 2.75) is 52.4 Å². The maximum Gasteiger partial charge on any atom is 0.232 e. The first-order valence-electron chi connectivity index (χ1n) is 11.8. The molecule has 1 saturated heterocycles. The van der Waals surface area contributed by atoms with Gasteiger partial charge in [0.15, 0.2) is 0 Å². The fourth-order valence-corrected chi connectivity index (χ4v) is 4.06. The fraction of sp³-hybridized carbons (Fsp3) is 0.640. The number of aliphatic hydroxyl groups is 1. The van der Waals surface area contributed by atoms with E-state index in [0.29, 0.717) is 32.8 Å². The minimum absolute atomic E-state index is 0.0907. The van der Waals surface area contributed by atoms with E-state index in [4.69, 9.17) is 14.0 Å². The highest BCUT2D eigenvalue weighted by Crippen LogP contribution is 2.34. The van der Waals surface area contributed by atoms with Crippen molar-refractivity contribution in [3.05, 3.63) is 35.9 Å². The number of nitrogens with zero attached hydrogens (tertiary/aromatic N) is 3. The molecule has 1 aromatic carbocycles. The zero-order valence-electron chi connectivity index (χ0n) is 20.0. The number of aliphatic hydroxyl groups excluding tert-OH is 1. The Bertz CT molecular complexity index is 788. The Morgan fingerprint density at radius 3 is 2.59 bits per heavy atom. The zero-order chi connectivity index (χ0) is 22.9. The highest BCUT2D eigenvalue weighted by molar-refractivity contribution is 5.68. The van der Waals surface area contributed by atoms with E-state index < -0.39 is 6.10 Å². The Balaban J connectivity index is 1.84. The number of ether oxygens (including phenoxy) is 2. The lowest BCUT2D eigenvalue weighted by Crippen LogP contribution is -2.38. The van der Waals surface area contributed by atoms with E-state index in [1.807, 2.05) is 32.0 Å². The van der Waals surface area contributed by atoms with E-state index in [9.17, 15) is 5.11 Å². The highest BCUT2D eigenvalue weighted by atomic mass is 16.5. The summed E-state index contributed by atoms with van der Waals surface area (Å²) in [5, 5.41) is 15.1. The van der Waals surface area contributed by atoms with Gasteiger partial charge in [-0.25, -0.2) is 0 Å². The molecular weight excluding hydrogens is 406 g/mol. The van der Waals surface area contributed by atoms with Gasteiger partial charge >= 0.3 is 0 Å². The van der Waals surface area contributed by atoms with Gasteiger partial charge in [0.1, 0.15) is 5.69 Å². The third-order valence-corrected chi connectivity index (χ3v) is 5.97. The molecular formula is C25H39N3O4. The standard InChI is InChI=1S/C25H39N3O4/c1-19(2)31-18-22(29)16-27(14-15-30-4)17-23-24(21-8-6-5-7-9-21)26-32-25(23)28-12-10-20(3)11-13-28/h5-9,19-20,22,29H,10-18H2,1-4H3. The van der Waals surface area contributed by atoms with Crippen LogP contribution in [0, 0.1) is 5.92 Å². The van der Waals surface area contributed by atoms with Crippen LogP contribution in [0.4, 0.5) is 5.88 Å². The van der Waals surface area contributed by atoms with Gasteiger partial charge in [0.05, 0.1) is 31.0 Å². The average Bonchev–Trinajstić information content (AvgIpc) is 3.20. The number of benzene rings is 1. The summed E-state index contributed by atoms with van der Waals surface area (Å²) >= 11 is 0. The maximum absolute atomic E-state index is 10.6. The SMILES string of the molecule is COCCN(Cc1c(-c2ccccc2)noc1N1CCC(C)CC1)CC(O)COC(C)C. The van der Waals surface area contributed by atoms with E-state index in [0.717, 1.165) is 54.6 Å². The Morgan fingerprint density at radius 1 is 1.22 bits per heavy atom. The predicted molar refractivity (Wildman–Crippen MR) is 127 cm³/mol. The van der Waals surface area contributed by atoms with Gasteiger partial charge in [-0.2, -0.15) is 0 Å². The normalized spacial score (nSPS) is 16.3. The summed E-state index contributed by atoms with van der Waals surface area (Å²) in [4.78, 5) is 4.52. The second kappa shape index (κ2) is 12.3. The van der Waals surface area contributed by atoms with Gasteiger partial charge in [0.25, 0.3) is 0 Å². The number of piperidine rings is 1. The lowest BCUT2D eigenvalue weighted by Gasteiger charge is -2.31. The zero-order valence-corrected chi connectivity index (χ0v) is 20.0. The lowest BCUT2D eigenvalue weighted by atomic mass is 9.98. The molecule has 1 aliphatic rings. The van der Waals surface area contributed by atoms with Gasteiger partial charge in [-0.3, -0.25) is 4.90 Å². The van der Waals surface area contributed by atoms with Gasteiger partial charge in [0.2, 0.25) is 5.88 Å². The Labute approximate surface area is 192 Å². The van der Waals surface area contributed by atoms with E-state index in [1.54, 1.807) is 7.11 Å². The number of rotatable bonds is 12. The van der Waals surface area contributed by atoms with Gasteiger partial charge < -0.3 is 24.0 Å². The Kier molecular flexibility index (Phi) is 9.53. The summed E-state index contributed by atoms with van der Waals surface area (Å²) in [5.74, 6) is 1.59. The van der Waals surface area contributed by atoms with E-state index in [-0.39, 0.29) is 6.10 Å². The first-order chi connectivity index (χ1) is 15.5. The number of hydrogen-bond acceptors (Lipinski definition) is 7. The number of aromatic nitrogens is 1. The van der Waals surface area contributed by atoms with Gasteiger partial charge in [0, 0.05) is 45.4 Å². The first kappa shape index (κ1) is 24.7. The van der Waals surface area contributed by atoms with E-state index in [1.165, 1.54) is 0 Å². The molecule has 1 aliphatic heterocycles. The molecule has 1 atom stereocenters. The topological polar surface area (TPSA) is 71.2 Å². The second-order valence-electron chi connectivity index (χ2n) is 9.11. The van der Waals surface area contributed by atoms with Crippen LogP contribution in [0.5, 0.6) is 0 Å². The molecule has 7 nitrogen and oxygen atoms in total. The van der Waals surface area contributed by atoms with Crippen molar-refractivity contribution in [3.63, 3.8) is 0 Å². The van der Waals surface area contributed by atoms with Crippen molar-refractivity contribution in [2.24, 2.45) is 5.92 Å². The molecule has 0 aliphatic carbocycles. The van der Waals surface area contributed by atoms with Crippen LogP contribution in [0.2, 0.25) is 0 Å². The smallest absolute Gasteiger partial charge is 0.232 e. The summed E-state index contributed by atoms with van der Waals surface area (Å²) < 4.78 is 16.9. The number of methoxy groups -OCH3 is 1. The number of hydrogen-bond donors (Lipinski definition) is 1. The van der Waals surface area contributed by atoms with Crippen molar-refractivity contribution in [2.75, 3.05) is 51.4 Å². The molecule has 0 spiro atoms. The minimum Gasteiger partial charge on any atom is -0.389 e. The molecule has 1 unspecified atom stereocenters. The molecule has 1 fully saturated rings. The van der Waals surface area contributed by atoms with Crippen molar-refractivity contribution >= 4 is 5.88 Å². The van der Waals surface area contributed by atoms with E-state index >= 15 is 0 Å². The van der Waals surface area contributed by atoms with Crippen LogP contribution in [0.3, 0.4) is 0 Å².